The summed E-state index contributed by atoms with van der Waals surface area (Å²) in [4.78, 5) is 4.22. The van der Waals surface area contributed by atoms with E-state index in [1.807, 2.05) is 36.5 Å². The number of nitrogens with one attached hydrogen (secondary N) is 1. The molecule has 0 saturated carbocycles. The number of nitrogens with two attached hydrogens (primary N) is 1. The highest BCUT2D eigenvalue weighted by Crippen LogP contribution is 2.31. The first kappa shape index (κ1) is 14.5. The summed E-state index contributed by atoms with van der Waals surface area (Å²) in [6.45, 7) is 0. The van der Waals surface area contributed by atoms with E-state index in [1.54, 1.807) is 6.20 Å². The number of benzene rings is 2. The van der Waals surface area contributed by atoms with E-state index in [0.29, 0.717) is 5.02 Å². The summed E-state index contributed by atoms with van der Waals surface area (Å²) in [6, 6.07) is 13.8. The van der Waals surface area contributed by atoms with Crippen LogP contribution in [0.3, 0.4) is 0 Å². The third-order valence-electron chi connectivity index (χ3n) is 3.47. The molecule has 3 nitrogen and oxygen atoms in total. The van der Waals surface area contributed by atoms with Crippen LogP contribution in [0.2, 0.25) is 5.02 Å². The van der Waals surface area contributed by atoms with E-state index in [0.717, 1.165) is 26.4 Å². The van der Waals surface area contributed by atoms with Crippen molar-refractivity contribution in [2.24, 2.45) is 5.84 Å². The summed E-state index contributed by atoms with van der Waals surface area (Å²) in [5.74, 6) is 5.80. The second kappa shape index (κ2) is 6.12. The molecule has 3 rings (SSSR count). The minimum absolute atomic E-state index is 0.133. The summed E-state index contributed by atoms with van der Waals surface area (Å²) >= 11 is 9.51. The van der Waals surface area contributed by atoms with Gasteiger partial charge in [0.05, 0.1) is 11.1 Å². The van der Waals surface area contributed by atoms with Gasteiger partial charge in [0.15, 0.2) is 0 Å². The first-order valence-corrected chi connectivity index (χ1v) is 7.61. The number of fused-ring (bicyclic) bond motifs is 1. The van der Waals surface area contributed by atoms with E-state index in [-0.39, 0.29) is 6.04 Å². The number of hydrogen-bond acceptors (Lipinski definition) is 3. The Morgan fingerprint density at radius 2 is 2.05 bits per heavy atom. The van der Waals surface area contributed by atoms with E-state index in [9.17, 15) is 0 Å². The number of nitrogens with zero attached hydrogens (tertiary/aromatic N) is 1. The van der Waals surface area contributed by atoms with Gasteiger partial charge in [-0.05, 0) is 50.6 Å². The first-order valence-electron chi connectivity index (χ1n) is 6.44. The molecule has 0 bridgehead atoms. The van der Waals surface area contributed by atoms with Gasteiger partial charge in [-0.3, -0.25) is 10.8 Å². The van der Waals surface area contributed by atoms with Crippen LogP contribution in [0.25, 0.3) is 10.8 Å². The summed E-state index contributed by atoms with van der Waals surface area (Å²) in [5, 5.41) is 2.89. The van der Waals surface area contributed by atoms with Crippen LogP contribution in [0, 0.1) is 0 Å². The Labute approximate surface area is 136 Å². The number of pyridine rings is 1. The third-order valence-corrected chi connectivity index (χ3v) is 4.69. The zero-order chi connectivity index (χ0) is 14.8. The van der Waals surface area contributed by atoms with Gasteiger partial charge in [-0.1, -0.05) is 35.9 Å². The highest BCUT2D eigenvalue weighted by atomic mass is 79.9. The molecular formula is C16H13BrClN3. The molecule has 106 valence electrons. The standard InChI is InChI=1S/C16H13BrClN3/c17-14-8-11(4-5-15(14)18)16(21-19)12-3-1-2-10-6-7-20-9-13(10)12/h1-9,16,21H,19H2. The Hall–Kier alpha value is -1.46. The lowest BCUT2D eigenvalue weighted by atomic mass is 9.95. The molecular weight excluding hydrogens is 350 g/mol. The van der Waals surface area contributed by atoms with Gasteiger partial charge in [-0.25, -0.2) is 5.43 Å². The molecule has 1 atom stereocenters. The maximum absolute atomic E-state index is 6.06. The van der Waals surface area contributed by atoms with Gasteiger partial charge in [-0.2, -0.15) is 0 Å². The van der Waals surface area contributed by atoms with Gasteiger partial charge in [-0.15, -0.1) is 0 Å². The molecule has 0 spiro atoms. The van der Waals surface area contributed by atoms with E-state index in [2.05, 4.69) is 38.5 Å². The first-order chi connectivity index (χ1) is 10.2. The highest BCUT2D eigenvalue weighted by molar-refractivity contribution is 9.10. The summed E-state index contributed by atoms with van der Waals surface area (Å²) in [5.41, 5.74) is 5.00. The lowest BCUT2D eigenvalue weighted by Gasteiger charge is -2.19. The molecule has 1 heterocycles. The number of aromatic nitrogens is 1. The number of hydrogen-bond donors (Lipinski definition) is 2. The largest absolute Gasteiger partial charge is 0.271 e. The zero-order valence-electron chi connectivity index (χ0n) is 11.1. The Morgan fingerprint density at radius 1 is 1.19 bits per heavy atom. The highest BCUT2D eigenvalue weighted by Gasteiger charge is 2.16. The van der Waals surface area contributed by atoms with E-state index in [4.69, 9.17) is 17.4 Å². The Morgan fingerprint density at radius 3 is 2.81 bits per heavy atom. The normalized spacial score (nSPS) is 12.5. The Balaban J connectivity index is 2.16. The quantitative estimate of drug-likeness (QED) is 0.542. The molecule has 3 N–H and O–H groups in total. The van der Waals surface area contributed by atoms with Crippen molar-refractivity contribution >= 4 is 38.3 Å². The van der Waals surface area contributed by atoms with Crippen LogP contribution in [0.1, 0.15) is 17.2 Å². The van der Waals surface area contributed by atoms with Crippen molar-refractivity contribution in [2.45, 2.75) is 6.04 Å². The van der Waals surface area contributed by atoms with Gasteiger partial charge in [0.2, 0.25) is 0 Å². The van der Waals surface area contributed by atoms with Crippen LogP contribution >= 0.6 is 27.5 Å². The van der Waals surface area contributed by atoms with Crippen LogP contribution in [0.4, 0.5) is 0 Å². The molecule has 3 aromatic rings. The van der Waals surface area contributed by atoms with Gasteiger partial charge in [0, 0.05) is 22.3 Å². The van der Waals surface area contributed by atoms with E-state index >= 15 is 0 Å². The van der Waals surface area contributed by atoms with Crippen LogP contribution < -0.4 is 11.3 Å². The second-order valence-electron chi connectivity index (χ2n) is 4.72. The smallest absolute Gasteiger partial charge is 0.0717 e. The number of hydrazine groups is 1. The number of halogens is 2. The van der Waals surface area contributed by atoms with Gasteiger partial charge in [0.25, 0.3) is 0 Å². The molecule has 2 aromatic carbocycles. The molecule has 0 saturated heterocycles. The minimum Gasteiger partial charge on any atom is -0.271 e. The fraction of sp³-hybridized carbons (Fsp3) is 0.0625. The molecule has 0 aliphatic heterocycles. The van der Waals surface area contributed by atoms with Crippen molar-refractivity contribution in [3.63, 3.8) is 0 Å². The maximum Gasteiger partial charge on any atom is 0.0717 e. The third kappa shape index (κ3) is 2.80. The maximum atomic E-state index is 6.06. The van der Waals surface area contributed by atoms with Crippen molar-refractivity contribution < 1.29 is 0 Å². The molecule has 0 radical (unpaired) electrons. The monoisotopic (exact) mass is 361 g/mol. The van der Waals surface area contributed by atoms with Crippen molar-refractivity contribution in [1.29, 1.82) is 0 Å². The fourth-order valence-corrected chi connectivity index (χ4v) is 2.96. The molecule has 0 amide bonds. The zero-order valence-corrected chi connectivity index (χ0v) is 13.4. The number of rotatable bonds is 3. The van der Waals surface area contributed by atoms with Gasteiger partial charge < -0.3 is 0 Å². The predicted octanol–water partition coefficient (Wildman–Crippen LogP) is 4.20. The topological polar surface area (TPSA) is 50.9 Å². The predicted molar refractivity (Wildman–Crippen MR) is 90.1 cm³/mol. The summed E-state index contributed by atoms with van der Waals surface area (Å²) < 4.78 is 0.847. The van der Waals surface area contributed by atoms with Crippen molar-refractivity contribution in [3.05, 3.63) is 75.5 Å². The lowest BCUT2D eigenvalue weighted by Crippen LogP contribution is -2.29. The van der Waals surface area contributed by atoms with Crippen LogP contribution in [0.5, 0.6) is 0 Å². The fourth-order valence-electron chi connectivity index (χ4n) is 2.45. The van der Waals surface area contributed by atoms with E-state index in [1.165, 1.54) is 0 Å². The van der Waals surface area contributed by atoms with Gasteiger partial charge >= 0.3 is 0 Å². The van der Waals surface area contributed by atoms with Crippen molar-refractivity contribution in [1.82, 2.24) is 10.4 Å². The molecule has 0 fully saturated rings. The van der Waals surface area contributed by atoms with Crippen LogP contribution in [0.15, 0.2) is 59.3 Å². The summed E-state index contributed by atoms with van der Waals surface area (Å²) in [6.07, 6.45) is 3.65. The van der Waals surface area contributed by atoms with Gasteiger partial charge in [0.1, 0.15) is 0 Å². The van der Waals surface area contributed by atoms with Crippen LogP contribution in [-0.2, 0) is 0 Å². The summed E-state index contributed by atoms with van der Waals surface area (Å²) in [7, 11) is 0. The molecule has 0 aliphatic rings. The van der Waals surface area contributed by atoms with Crippen molar-refractivity contribution in [2.75, 3.05) is 0 Å². The van der Waals surface area contributed by atoms with Crippen LogP contribution in [-0.4, -0.2) is 4.98 Å². The SMILES string of the molecule is NNC(c1ccc(Cl)c(Br)c1)c1cccc2ccncc12. The average molecular weight is 363 g/mol. The lowest BCUT2D eigenvalue weighted by molar-refractivity contribution is 0.640. The minimum atomic E-state index is -0.133. The Bertz CT molecular complexity index is 786. The molecule has 5 heteroatoms. The molecule has 1 aromatic heterocycles. The molecule has 21 heavy (non-hydrogen) atoms. The molecule has 0 aliphatic carbocycles. The molecule has 1 unspecified atom stereocenters. The Kier molecular flexibility index (Phi) is 4.22. The average Bonchev–Trinajstić information content (AvgIpc) is 2.52. The van der Waals surface area contributed by atoms with Crippen molar-refractivity contribution in [3.8, 4) is 0 Å². The van der Waals surface area contributed by atoms with E-state index < -0.39 is 0 Å². The second-order valence-corrected chi connectivity index (χ2v) is 5.98.